The van der Waals surface area contributed by atoms with Crippen LogP contribution in [0, 0.1) is 6.92 Å². The third kappa shape index (κ3) is 3.71. The second-order valence-corrected chi connectivity index (χ2v) is 7.32. The van der Waals surface area contributed by atoms with Crippen LogP contribution in [-0.2, 0) is 17.9 Å². The highest BCUT2D eigenvalue weighted by Gasteiger charge is 2.25. The van der Waals surface area contributed by atoms with E-state index in [2.05, 4.69) is 40.1 Å². The smallest absolute Gasteiger partial charge is 0.325 e. The zero-order valence-electron chi connectivity index (χ0n) is 15.5. The normalized spacial score (nSPS) is 18.0. The van der Waals surface area contributed by atoms with E-state index in [4.69, 9.17) is 5.11 Å². The largest absolute Gasteiger partial charge is 0.480 e. The van der Waals surface area contributed by atoms with Crippen molar-refractivity contribution in [1.82, 2.24) is 19.7 Å². The summed E-state index contributed by atoms with van der Waals surface area (Å²) in [5.74, 6) is -0.540. The van der Waals surface area contributed by atoms with Crippen molar-refractivity contribution >= 4 is 16.9 Å². The van der Waals surface area contributed by atoms with Crippen LogP contribution >= 0.6 is 0 Å². The molecular weight excluding hydrogens is 340 g/mol. The van der Waals surface area contributed by atoms with Gasteiger partial charge in [0.25, 0.3) is 0 Å². The lowest BCUT2D eigenvalue weighted by Crippen LogP contribution is -2.35. The van der Waals surface area contributed by atoms with Crippen LogP contribution < -0.4 is 0 Å². The number of likely N-dealkylation sites (tertiary alicyclic amines) is 1. The zero-order chi connectivity index (χ0) is 18.8. The van der Waals surface area contributed by atoms with E-state index in [1.54, 1.807) is 10.9 Å². The first kappa shape index (κ1) is 17.7. The highest BCUT2D eigenvalue weighted by Crippen LogP contribution is 2.29. The first-order valence-electron chi connectivity index (χ1n) is 9.41. The number of aromatic nitrogens is 3. The lowest BCUT2D eigenvalue weighted by atomic mass is 9.94. The van der Waals surface area contributed by atoms with Crippen molar-refractivity contribution in [3.63, 3.8) is 0 Å². The van der Waals surface area contributed by atoms with Crippen LogP contribution in [0.15, 0.2) is 42.7 Å². The van der Waals surface area contributed by atoms with Gasteiger partial charge in [0.15, 0.2) is 0 Å². The van der Waals surface area contributed by atoms with Crippen LogP contribution in [0.4, 0.5) is 0 Å². The third-order valence-corrected chi connectivity index (χ3v) is 5.41. The van der Waals surface area contributed by atoms with Crippen LogP contribution in [0.5, 0.6) is 0 Å². The highest BCUT2D eigenvalue weighted by atomic mass is 16.4. The van der Waals surface area contributed by atoms with Crippen molar-refractivity contribution in [1.29, 1.82) is 0 Å². The van der Waals surface area contributed by atoms with Gasteiger partial charge in [-0.15, -0.1) is 0 Å². The maximum Gasteiger partial charge on any atom is 0.325 e. The molecule has 4 rings (SSSR count). The number of hydrogen-bond acceptors (Lipinski definition) is 4. The number of carboxylic acids is 1. The summed E-state index contributed by atoms with van der Waals surface area (Å²) in [5, 5.41) is 14.5. The molecule has 1 saturated heterocycles. The Hall–Kier alpha value is -2.73. The molecule has 2 aromatic heterocycles. The SMILES string of the molecule is Cc1ccc(CN2CCCC(c3ccnn3CC(=O)O)C2)c2cccnc12. The molecule has 1 fully saturated rings. The van der Waals surface area contributed by atoms with E-state index in [0.717, 1.165) is 43.7 Å². The molecule has 1 atom stereocenters. The van der Waals surface area contributed by atoms with Gasteiger partial charge in [0.1, 0.15) is 6.54 Å². The van der Waals surface area contributed by atoms with Gasteiger partial charge in [-0.1, -0.05) is 18.2 Å². The molecule has 1 N–H and O–H groups in total. The van der Waals surface area contributed by atoms with Crippen molar-refractivity contribution in [3.8, 4) is 0 Å². The molecule has 1 aliphatic rings. The minimum atomic E-state index is -0.855. The third-order valence-electron chi connectivity index (χ3n) is 5.41. The Bertz CT molecular complexity index is 966. The molecule has 6 heteroatoms. The quantitative estimate of drug-likeness (QED) is 0.753. The minimum absolute atomic E-state index is 0.0763. The molecule has 27 heavy (non-hydrogen) atoms. The number of aliphatic carboxylic acids is 1. The average molecular weight is 364 g/mol. The molecule has 0 aliphatic carbocycles. The summed E-state index contributed by atoms with van der Waals surface area (Å²) in [6, 6.07) is 10.5. The monoisotopic (exact) mass is 364 g/mol. The number of rotatable bonds is 5. The number of benzene rings is 1. The average Bonchev–Trinajstić information content (AvgIpc) is 3.12. The van der Waals surface area contributed by atoms with E-state index in [9.17, 15) is 4.79 Å². The van der Waals surface area contributed by atoms with Gasteiger partial charge in [-0.3, -0.25) is 19.4 Å². The predicted molar refractivity (Wildman–Crippen MR) is 104 cm³/mol. The number of carbonyl (C=O) groups is 1. The van der Waals surface area contributed by atoms with Gasteiger partial charge in [0.2, 0.25) is 0 Å². The molecule has 1 aromatic carbocycles. The lowest BCUT2D eigenvalue weighted by Gasteiger charge is -2.33. The van der Waals surface area contributed by atoms with Crippen molar-refractivity contribution in [2.75, 3.05) is 13.1 Å². The number of fused-ring (bicyclic) bond motifs is 1. The topological polar surface area (TPSA) is 71.2 Å². The predicted octanol–water partition coefficient (Wildman–Crippen LogP) is 3.20. The molecule has 6 nitrogen and oxygen atoms in total. The number of pyridine rings is 1. The van der Waals surface area contributed by atoms with Gasteiger partial charge < -0.3 is 5.11 Å². The Morgan fingerprint density at radius 2 is 2.15 bits per heavy atom. The molecule has 1 unspecified atom stereocenters. The van der Waals surface area contributed by atoms with Crippen LogP contribution in [0.1, 0.15) is 35.6 Å². The summed E-state index contributed by atoms with van der Waals surface area (Å²) in [6.45, 7) is 4.87. The van der Waals surface area contributed by atoms with Gasteiger partial charge in [0.05, 0.1) is 5.52 Å². The van der Waals surface area contributed by atoms with E-state index >= 15 is 0 Å². The van der Waals surface area contributed by atoms with Gasteiger partial charge in [-0.2, -0.15) is 5.10 Å². The van der Waals surface area contributed by atoms with Crippen LogP contribution in [-0.4, -0.2) is 43.8 Å². The van der Waals surface area contributed by atoms with E-state index in [0.29, 0.717) is 5.92 Å². The summed E-state index contributed by atoms with van der Waals surface area (Å²) in [7, 11) is 0. The first-order chi connectivity index (χ1) is 13.1. The van der Waals surface area contributed by atoms with Gasteiger partial charge in [-0.25, -0.2) is 0 Å². The Labute approximate surface area is 158 Å². The van der Waals surface area contributed by atoms with Crippen molar-refractivity contribution in [2.24, 2.45) is 0 Å². The molecular formula is C21H24N4O2. The van der Waals surface area contributed by atoms with E-state index in [1.807, 2.05) is 18.3 Å². The second kappa shape index (κ2) is 7.48. The number of hydrogen-bond donors (Lipinski definition) is 1. The molecule has 0 spiro atoms. The van der Waals surface area contributed by atoms with Gasteiger partial charge in [0, 0.05) is 42.5 Å². The highest BCUT2D eigenvalue weighted by molar-refractivity contribution is 5.84. The molecule has 0 amide bonds. The molecule has 0 saturated carbocycles. The Morgan fingerprint density at radius 1 is 1.26 bits per heavy atom. The molecule has 0 bridgehead atoms. The lowest BCUT2D eigenvalue weighted by molar-refractivity contribution is -0.137. The number of piperidine rings is 1. The molecule has 140 valence electrons. The standard InChI is InChI=1S/C21H24N4O2/c1-15-6-7-16(18-5-2-9-22-21(15)18)12-24-11-3-4-17(13-24)19-8-10-23-25(19)14-20(26)27/h2,5-10,17H,3-4,11-14H2,1H3,(H,26,27). The molecule has 3 aromatic rings. The number of aryl methyl sites for hydroxylation is 1. The van der Waals surface area contributed by atoms with Crippen molar-refractivity contribution in [2.45, 2.75) is 38.8 Å². The number of nitrogens with zero attached hydrogens (tertiary/aromatic N) is 4. The Kier molecular flexibility index (Phi) is 4.90. The summed E-state index contributed by atoms with van der Waals surface area (Å²) in [5.41, 5.74) is 4.59. The fourth-order valence-corrected chi connectivity index (χ4v) is 4.14. The number of carboxylic acid groups (broad SMARTS) is 1. The zero-order valence-corrected chi connectivity index (χ0v) is 15.5. The summed E-state index contributed by atoms with van der Waals surface area (Å²) in [4.78, 5) is 18.1. The first-order valence-corrected chi connectivity index (χ1v) is 9.41. The van der Waals surface area contributed by atoms with E-state index in [1.165, 1.54) is 16.5 Å². The fourth-order valence-electron chi connectivity index (χ4n) is 4.14. The summed E-state index contributed by atoms with van der Waals surface area (Å²) >= 11 is 0. The second-order valence-electron chi connectivity index (χ2n) is 7.32. The maximum absolute atomic E-state index is 11.1. The van der Waals surface area contributed by atoms with Gasteiger partial charge in [-0.05, 0) is 49.6 Å². The van der Waals surface area contributed by atoms with Crippen LogP contribution in [0.25, 0.3) is 10.9 Å². The van der Waals surface area contributed by atoms with Gasteiger partial charge >= 0.3 is 5.97 Å². The Morgan fingerprint density at radius 3 is 3.00 bits per heavy atom. The maximum atomic E-state index is 11.1. The summed E-state index contributed by atoms with van der Waals surface area (Å²) < 4.78 is 1.63. The van der Waals surface area contributed by atoms with E-state index < -0.39 is 5.97 Å². The Balaban J connectivity index is 1.54. The summed E-state index contributed by atoms with van der Waals surface area (Å²) in [6.07, 6.45) is 5.72. The van der Waals surface area contributed by atoms with Crippen LogP contribution in [0.2, 0.25) is 0 Å². The van der Waals surface area contributed by atoms with Crippen molar-refractivity contribution in [3.05, 3.63) is 59.5 Å². The van der Waals surface area contributed by atoms with Crippen molar-refractivity contribution < 1.29 is 9.90 Å². The van der Waals surface area contributed by atoms with E-state index in [-0.39, 0.29) is 6.54 Å². The molecule has 3 heterocycles. The minimum Gasteiger partial charge on any atom is -0.480 e. The fraction of sp³-hybridized carbons (Fsp3) is 0.381. The molecule has 1 aliphatic heterocycles. The van der Waals surface area contributed by atoms with Crippen LogP contribution in [0.3, 0.4) is 0 Å². The molecule has 0 radical (unpaired) electrons.